The molecule has 0 aliphatic heterocycles. The fourth-order valence-electron chi connectivity index (χ4n) is 2.74. The number of rotatable bonds is 7. The van der Waals surface area contributed by atoms with Crippen LogP contribution in [0.2, 0.25) is 0 Å². The van der Waals surface area contributed by atoms with Crippen molar-refractivity contribution in [2.75, 3.05) is 12.3 Å². The summed E-state index contributed by atoms with van der Waals surface area (Å²) < 4.78 is 1.09. The number of halogens is 2. The highest BCUT2D eigenvalue weighted by Crippen LogP contribution is 2.25. The maximum Gasteiger partial charge on any atom is 0.220 e. The van der Waals surface area contributed by atoms with E-state index in [1.165, 1.54) is 11.3 Å². The highest BCUT2D eigenvalue weighted by Gasteiger charge is 2.26. The summed E-state index contributed by atoms with van der Waals surface area (Å²) >= 11 is 5.23. The Labute approximate surface area is 151 Å². The number of hydrogen-bond acceptors (Lipinski definition) is 3. The maximum absolute atomic E-state index is 11.9. The summed E-state index contributed by atoms with van der Waals surface area (Å²) in [6, 6.07) is 8.59. The third-order valence-corrected chi connectivity index (χ3v) is 5.57. The van der Waals surface area contributed by atoms with Crippen molar-refractivity contribution in [2.45, 2.75) is 43.0 Å². The molecule has 2 atom stereocenters. The van der Waals surface area contributed by atoms with Crippen molar-refractivity contribution >= 4 is 46.0 Å². The topological polar surface area (TPSA) is 55.1 Å². The molecule has 1 aromatic rings. The zero-order valence-electron chi connectivity index (χ0n) is 12.6. The lowest BCUT2D eigenvalue weighted by atomic mass is 10.0. The van der Waals surface area contributed by atoms with E-state index in [-0.39, 0.29) is 18.3 Å². The molecule has 1 fully saturated rings. The number of thioether (sulfide) groups is 1. The normalized spacial score (nSPS) is 20.5. The van der Waals surface area contributed by atoms with Crippen LogP contribution in [0.5, 0.6) is 0 Å². The van der Waals surface area contributed by atoms with E-state index in [1.807, 2.05) is 12.1 Å². The van der Waals surface area contributed by atoms with E-state index >= 15 is 0 Å². The number of nitrogens with two attached hydrogens (primary N) is 1. The third kappa shape index (κ3) is 6.49. The minimum absolute atomic E-state index is 0. The molecule has 0 saturated heterocycles. The molecule has 6 heteroatoms. The molecular formula is C16H24BrClN2OS. The van der Waals surface area contributed by atoms with Crippen molar-refractivity contribution in [1.29, 1.82) is 0 Å². The van der Waals surface area contributed by atoms with Crippen LogP contribution in [0, 0.1) is 5.92 Å². The van der Waals surface area contributed by atoms with Crippen LogP contribution in [0.25, 0.3) is 0 Å². The molecule has 124 valence electrons. The third-order valence-electron chi connectivity index (χ3n) is 3.94. The molecule has 1 aromatic carbocycles. The van der Waals surface area contributed by atoms with Crippen LogP contribution >= 0.6 is 40.1 Å². The van der Waals surface area contributed by atoms with E-state index in [2.05, 4.69) is 33.4 Å². The summed E-state index contributed by atoms with van der Waals surface area (Å²) in [6.45, 7) is 0.685. The van der Waals surface area contributed by atoms with Crippen molar-refractivity contribution < 1.29 is 4.79 Å². The van der Waals surface area contributed by atoms with E-state index in [1.54, 1.807) is 11.8 Å². The molecule has 1 aliphatic rings. The second-order valence-corrected chi connectivity index (χ2v) is 7.59. The number of hydrogen-bond donors (Lipinski definition) is 2. The zero-order chi connectivity index (χ0) is 15.1. The van der Waals surface area contributed by atoms with Crippen molar-refractivity contribution in [2.24, 2.45) is 11.7 Å². The monoisotopic (exact) mass is 406 g/mol. The molecule has 22 heavy (non-hydrogen) atoms. The molecule has 0 radical (unpaired) electrons. The molecule has 2 rings (SSSR count). The van der Waals surface area contributed by atoms with Gasteiger partial charge in [-0.05, 0) is 61.7 Å². The van der Waals surface area contributed by atoms with E-state index in [0.717, 1.165) is 29.5 Å². The summed E-state index contributed by atoms with van der Waals surface area (Å²) in [7, 11) is 0. The Balaban J connectivity index is 0.00000242. The van der Waals surface area contributed by atoms with Gasteiger partial charge in [0, 0.05) is 21.8 Å². The van der Waals surface area contributed by atoms with Crippen LogP contribution in [0.4, 0.5) is 0 Å². The average Bonchev–Trinajstić information content (AvgIpc) is 2.92. The molecule has 0 bridgehead atoms. The Morgan fingerprint density at radius 2 is 2.05 bits per heavy atom. The lowest BCUT2D eigenvalue weighted by molar-refractivity contribution is -0.122. The number of amides is 1. The van der Waals surface area contributed by atoms with Crippen LogP contribution in [0.15, 0.2) is 33.6 Å². The standard InChI is InChI=1S/C16H23BrN2OS.ClH/c17-13-6-8-14(9-7-13)21-10-2-5-16(20)19-15-4-1-3-12(15)11-18;/h6-9,12,15H,1-5,10-11,18H2,(H,19,20);1H. The van der Waals surface area contributed by atoms with Crippen LogP contribution in [-0.2, 0) is 4.79 Å². The lowest BCUT2D eigenvalue weighted by Crippen LogP contribution is -2.39. The van der Waals surface area contributed by atoms with Gasteiger partial charge in [-0.25, -0.2) is 0 Å². The number of carbonyl (C=O) groups excluding carboxylic acids is 1. The summed E-state index contributed by atoms with van der Waals surface area (Å²) in [5.41, 5.74) is 5.74. The lowest BCUT2D eigenvalue weighted by Gasteiger charge is -2.19. The Bertz CT molecular complexity index is 458. The van der Waals surface area contributed by atoms with Gasteiger partial charge >= 0.3 is 0 Å². The fourth-order valence-corrected chi connectivity index (χ4v) is 3.86. The van der Waals surface area contributed by atoms with Crippen molar-refractivity contribution in [3.63, 3.8) is 0 Å². The van der Waals surface area contributed by atoms with Gasteiger partial charge in [0.2, 0.25) is 5.91 Å². The van der Waals surface area contributed by atoms with Gasteiger partial charge in [0.1, 0.15) is 0 Å². The zero-order valence-corrected chi connectivity index (χ0v) is 15.8. The summed E-state index contributed by atoms with van der Waals surface area (Å²) in [5, 5.41) is 3.15. The Morgan fingerprint density at radius 1 is 1.32 bits per heavy atom. The smallest absolute Gasteiger partial charge is 0.220 e. The van der Waals surface area contributed by atoms with Gasteiger partial charge in [0.25, 0.3) is 0 Å². The Hall–Kier alpha value is -0.230. The Morgan fingerprint density at radius 3 is 2.73 bits per heavy atom. The van der Waals surface area contributed by atoms with Crippen molar-refractivity contribution in [3.8, 4) is 0 Å². The highest BCUT2D eigenvalue weighted by atomic mass is 79.9. The van der Waals surface area contributed by atoms with Gasteiger partial charge in [0.05, 0.1) is 0 Å². The fraction of sp³-hybridized carbons (Fsp3) is 0.562. The van der Waals surface area contributed by atoms with Gasteiger partial charge in [-0.15, -0.1) is 24.2 Å². The first-order valence-corrected chi connectivity index (χ1v) is 9.34. The number of benzene rings is 1. The molecule has 1 amide bonds. The first-order valence-electron chi connectivity index (χ1n) is 7.57. The van der Waals surface area contributed by atoms with Crippen LogP contribution in [0.3, 0.4) is 0 Å². The summed E-state index contributed by atoms with van der Waals surface area (Å²) in [4.78, 5) is 13.2. The molecule has 0 aromatic heterocycles. The van der Waals surface area contributed by atoms with Gasteiger partial charge in [0.15, 0.2) is 0 Å². The molecule has 1 aliphatic carbocycles. The van der Waals surface area contributed by atoms with Crippen LogP contribution < -0.4 is 11.1 Å². The quantitative estimate of drug-likeness (QED) is 0.531. The van der Waals surface area contributed by atoms with Gasteiger partial charge < -0.3 is 11.1 Å². The van der Waals surface area contributed by atoms with Gasteiger partial charge in [-0.2, -0.15) is 0 Å². The van der Waals surface area contributed by atoms with E-state index in [0.29, 0.717) is 24.9 Å². The second-order valence-electron chi connectivity index (χ2n) is 5.51. The van der Waals surface area contributed by atoms with Crippen molar-refractivity contribution in [3.05, 3.63) is 28.7 Å². The number of nitrogens with one attached hydrogen (secondary N) is 1. The van der Waals surface area contributed by atoms with Crippen molar-refractivity contribution in [1.82, 2.24) is 5.32 Å². The SMILES string of the molecule is Cl.NCC1CCCC1NC(=O)CCCSc1ccc(Br)cc1. The predicted molar refractivity (Wildman–Crippen MR) is 99.7 cm³/mol. The largest absolute Gasteiger partial charge is 0.353 e. The second kappa shape index (κ2) is 10.5. The molecule has 0 heterocycles. The predicted octanol–water partition coefficient (Wildman–Crippen LogP) is 3.99. The summed E-state index contributed by atoms with van der Waals surface area (Å²) in [6.07, 6.45) is 4.94. The minimum Gasteiger partial charge on any atom is -0.353 e. The van der Waals surface area contributed by atoms with Crippen LogP contribution in [0.1, 0.15) is 32.1 Å². The molecule has 0 spiro atoms. The number of carbonyl (C=O) groups is 1. The first kappa shape index (κ1) is 19.8. The summed E-state index contributed by atoms with van der Waals surface area (Å²) in [5.74, 6) is 1.63. The van der Waals surface area contributed by atoms with Gasteiger partial charge in [-0.3, -0.25) is 4.79 Å². The van der Waals surface area contributed by atoms with Gasteiger partial charge in [-0.1, -0.05) is 22.4 Å². The van der Waals surface area contributed by atoms with E-state index < -0.39 is 0 Å². The first-order chi connectivity index (χ1) is 10.2. The minimum atomic E-state index is 0. The average molecular weight is 408 g/mol. The van der Waals surface area contributed by atoms with E-state index in [9.17, 15) is 4.79 Å². The molecule has 3 N–H and O–H groups in total. The Kier molecular flexibility index (Phi) is 9.48. The molecule has 1 saturated carbocycles. The molecular weight excluding hydrogens is 384 g/mol. The molecule has 2 unspecified atom stereocenters. The molecule has 3 nitrogen and oxygen atoms in total. The van der Waals surface area contributed by atoms with Crippen LogP contribution in [-0.4, -0.2) is 24.2 Å². The maximum atomic E-state index is 11.9. The highest BCUT2D eigenvalue weighted by molar-refractivity contribution is 9.10. The van der Waals surface area contributed by atoms with E-state index in [4.69, 9.17) is 5.73 Å².